The van der Waals surface area contributed by atoms with E-state index in [0.717, 1.165) is 12.2 Å². The molecule has 2 rings (SSSR count). The molecule has 0 atom stereocenters. The molecule has 0 bridgehead atoms. The van der Waals surface area contributed by atoms with E-state index >= 15 is 0 Å². The Kier molecular flexibility index (Phi) is 3.98. The number of carbonyl (C=O) groups is 1. The number of nitrogen functional groups attached to an aromatic ring is 1. The van der Waals surface area contributed by atoms with E-state index in [1.165, 1.54) is 32.8 Å². The van der Waals surface area contributed by atoms with Gasteiger partial charge in [-0.15, -0.1) is 0 Å². The van der Waals surface area contributed by atoms with Gasteiger partial charge >= 0.3 is 5.97 Å². The van der Waals surface area contributed by atoms with Crippen molar-refractivity contribution >= 4 is 17.3 Å². The van der Waals surface area contributed by atoms with Gasteiger partial charge < -0.3 is 15.8 Å². The van der Waals surface area contributed by atoms with Crippen molar-refractivity contribution in [1.29, 1.82) is 0 Å². The van der Waals surface area contributed by atoms with Crippen LogP contribution in [0.1, 0.15) is 43.0 Å². The lowest BCUT2D eigenvalue weighted by atomic mass is 9.89. The maximum atomic E-state index is 11.6. The normalized spacial score (nSPS) is 17.2. The minimum Gasteiger partial charge on any atom is -0.465 e. The number of esters is 1. The molecule has 1 fully saturated rings. The maximum absolute atomic E-state index is 11.6. The van der Waals surface area contributed by atoms with E-state index in [9.17, 15) is 4.79 Å². The molecule has 1 saturated carbocycles. The SMILES string of the molecule is COC(=O)c1cc(NCC2(C)CCCC2)ccc1N. The largest absolute Gasteiger partial charge is 0.465 e. The minimum absolute atomic E-state index is 0.368. The summed E-state index contributed by atoms with van der Waals surface area (Å²) < 4.78 is 4.72. The molecule has 1 aromatic rings. The van der Waals surface area contributed by atoms with Crippen LogP contribution in [0.4, 0.5) is 11.4 Å². The highest BCUT2D eigenvalue weighted by Crippen LogP contribution is 2.37. The number of anilines is 2. The zero-order valence-electron chi connectivity index (χ0n) is 11.7. The smallest absolute Gasteiger partial charge is 0.340 e. The first-order valence-electron chi connectivity index (χ1n) is 6.76. The molecule has 0 spiro atoms. The molecule has 0 aliphatic heterocycles. The first-order valence-corrected chi connectivity index (χ1v) is 6.76. The molecule has 3 N–H and O–H groups in total. The second kappa shape index (κ2) is 5.51. The lowest BCUT2D eigenvalue weighted by Gasteiger charge is -2.24. The summed E-state index contributed by atoms with van der Waals surface area (Å²) >= 11 is 0. The third-order valence-electron chi connectivity index (χ3n) is 3.99. The molecule has 0 unspecified atom stereocenters. The standard InChI is InChI=1S/C15H22N2O2/c1-15(7-3-4-8-15)10-17-11-5-6-13(16)12(9-11)14(18)19-2/h5-6,9,17H,3-4,7-8,10,16H2,1-2H3. The molecule has 1 aliphatic carbocycles. The first-order chi connectivity index (χ1) is 9.04. The van der Waals surface area contributed by atoms with Crippen LogP contribution in [0.2, 0.25) is 0 Å². The number of ether oxygens (including phenoxy) is 1. The van der Waals surface area contributed by atoms with Crippen LogP contribution in [0, 0.1) is 5.41 Å². The van der Waals surface area contributed by atoms with E-state index in [0.29, 0.717) is 16.7 Å². The van der Waals surface area contributed by atoms with E-state index < -0.39 is 5.97 Å². The Hall–Kier alpha value is -1.71. The van der Waals surface area contributed by atoms with Gasteiger partial charge in [-0.3, -0.25) is 0 Å². The highest BCUT2D eigenvalue weighted by atomic mass is 16.5. The minimum atomic E-state index is -0.395. The highest BCUT2D eigenvalue weighted by molar-refractivity contribution is 5.96. The predicted molar refractivity (Wildman–Crippen MR) is 77.3 cm³/mol. The van der Waals surface area contributed by atoms with E-state index in [1.54, 1.807) is 12.1 Å². The molecule has 0 saturated heterocycles. The number of nitrogens with two attached hydrogens (primary N) is 1. The molecular weight excluding hydrogens is 240 g/mol. The lowest BCUT2D eigenvalue weighted by molar-refractivity contribution is 0.0602. The summed E-state index contributed by atoms with van der Waals surface area (Å²) in [6.45, 7) is 3.24. The van der Waals surface area contributed by atoms with Crippen LogP contribution < -0.4 is 11.1 Å². The number of hydrogen-bond acceptors (Lipinski definition) is 4. The molecule has 0 heterocycles. The van der Waals surface area contributed by atoms with Crippen molar-refractivity contribution in [3.05, 3.63) is 23.8 Å². The zero-order valence-corrected chi connectivity index (χ0v) is 11.7. The summed E-state index contributed by atoms with van der Waals surface area (Å²) in [5.41, 5.74) is 7.94. The summed E-state index contributed by atoms with van der Waals surface area (Å²) in [7, 11) is 1.36. The molecule has 0 radical (unpaired) electrons. The van der Waals surface area contributed by atoms with E-state index in [-0.39, 0.29) is 0 Å². The predicted octanol–water partition coefficient (Wildman–Crippen LogP) is 3.05. The molecule has 19 heavy (non-hydrogen) atoms. The Morgan fingerprint density at radius 3 is 2.74 bits per heavy atom. The van der Waals surface area contributed by atoms with Crippen molar-refractivity contribution in [3.8, 4) is 0 Å². The van der Waals surface area contributed by atoms with Gasteiger partial charge in [0.25, 0.3) is 0 Å². The van der Waals surface area contributed by atoms with Crippen LogP contribution in [-0.4, -0.2) is 19.6 Å². The molecule has 0 amide bonds. The van der Waals surface area contributed by atoms with Crippen molar-refractivity contribution in [1.82, 2.24) is 0 Å². The molecule has 4 heteroatoms. The Bertz CT molecular complexity index is 465. The molecule has 1 aliphatic rings. The molecular formula is C15H22N2O2. The third-order valence-corrected chi connectivity index (χ3v) is 3.99. The van der Waals surface area contributed by atoms with Gasteiger partial charge in [0.15, 0.2) is 0 Å². The van der Waals surface area contributed by atoms with Gasteiger partial charge in [-0.1, -0.05) is 19.8 Å². The van der Waals surface area contributed by atoms with E-state index in [1.807, 2.05) is 6.07 Å². The van der Waals surface area contributed by atoms with Gasteiger partial charge in [0.1, 0.15) is 0 Å². The van der Waals surface area contributed by atoms with Gasteiger partial charge in [-0.2, -0.15) is 0 Å². The second-order valence-electron chi connectivity index (χ2n) is 5.66. The fourth-order valence-electron chi connectivity index (χ4n) is 2.67. The monoisotopic (exact) mass is 262 g/mol. The van der Waals surface area contributed by atoms with Crippen molar-refractivity contribution < 1.29 is 9.53 Å². The van der Waals surface area contributed by atoms with E-state index in [4.69, 9.17) is 10.5 Å². The van der Waals surface area contributed by atoms with Crippen molar-refractivity contribution in [2.24, 2.45) is 5.41 Å². The summed E-state index contributed by atoms with van der Waals surface area (Å²) in [5.74, 6) is -0.395. The van der Waals surface area contributed by atoms with Gasteiger partial charge in [0.05, 0.1) is 12.7 Å². The summed E-state index contributed by atoms with van der Waals surface area (Å²) in [5, 5.41) is 3.41. The fraction of sp³-hybridized carbons (Fsp3) is 0.533. The van der Waals surface area contributed by atoms with Crippen molar-refractivity contribution in [2.75, 3.05) is 24.7 Å². The number of hydrogen-bond donors (Lipinski definition) is 2. The quantitative estimate of drug-likeness (QED) is 0.646. The Balaban J connectivity index is 2.06. The summed E-state index contributed by atoms with van der Waals surface area (Å²) in [6.07, 6.45) is 5.15. The van der Waals surface area contributed by atoms with Crippen LogP contribution in [0.15, 0.2) is 18.2 Å². The third kappa shape index (κ3) is 3.19. The van der Waals surface area contributed by atoms with Crippen molar-refractivity contribution in [3.63, 3.8) is 0 Å². The van der Waals surface area contributed by atoms with Gasteiger partial charge in [0.2, 0.25) is 0 Å². The van der Waals surface area contributed by atoms with Gasteiger partial charge in [-0.05, 0) is 36.5 Å². The van der Waals surface area contributed by atoms with Gasteiger partial charge in [-0.25, -0.2) is 4.79 Å². The van der Waals surface area contributed by atoms with Crippen LogP contribution in [0.3, 0.4) is 0 Å². The van der Waals surface area contributed by atoms with Crippen LogP contribution in [0.5, 0.6) is 0 Å². The second-order valence-corrected chi connectivity index (χ2v) is 5.66. The first kappa shape index (κ1) is 13.7. The zero-order chi connectivity index (χ0) is 13.9. The molecule has 4 nitrogen and oxygen atoms in total. The van der Waals surface area contributed by atoms with Crippen LogP contribution in [-0.2, 0) is 4.74 Å². The Morgan fingerprint density at radius 2 is 2.11 bits per heavy atom. The van der Waals surface area contributed by atoms with Crippen LogP contribution in [0.25, 0.3) is 0 Å². The Morgan fingerprint density at radius 1 is 1.42 bits per heavy atom. The number of nitrogens with one attached hydrogen (secondary N) is 1. The molecule has 0 aromatic heterocycles. The highest BCUT2D eigenvalue weighted by Gasteiger charge is 2.28. The fourth-order valence-corrected chi connectivity index (χ4v) is 2.67. The lowest BCUT2D eigenvalue weighted by Crippen LogP contribution is -2.23. The van der Waals surface area contributed by atoms with Crippen LogP contribution >= 0.6 is 0 Å². The topological polar surface area (TPSA) is 64.3 Å². The number of rotatable bonds is 4. The van der Waals surface area contributed by atoms with Gasteiger partial charge in [0, 0.05) is 17.9 Å². The number of carbonyl (C=O) groups excluding carboxylic acids is 1. The molecule has 104 valence electrons. The summed E-state index contributed by atoms with van der Waals surface area (Å²) in [4.78, 5) is 11.6. The molecule has 1 aromatic carbocycles. The van der Waals surface area contributed by atoms with Crippen molar-refractivity contribution in [2.45, 2.75) is 32.6 Å². The number of benzene rings is 1. The average molecular weight is 262 g/mol. The van der Waals surface area contributed by atoms with E-state index in [2.05, 4.69) is 12.2 Å². The number of methoxy groups -OCH3 is 1. The maximum Gasteiger partial charge on any atom is 0.340 e. The Labute approximate surface area is 114 Å². The average Bonchev–Trinajstić information content (AvgIpc) is 2.84. The summed E-state index contributed by atoms with van der Waals surface area (Å²) in [6, 6.07) is 5.41.